The second-order valence-corrected chi connectivity index (χ2v) is 4.81. The minimum absolute atomic E-state index is 0.178. The first-order valence-corrected chi connectivity index (χ1v) is 6.42. The number of phenols is 1. The molecule has 18 heavy (non-hydrogen) atoms. The quantitative estimate of drug-likeness (QED) is 0.837. The second kappa shape index (κ2) is 5.41. The fourth-order valence-corrected chi connectivity index (χ4v) is 2.66. The number of benzene rings is 1. The molecule has 0 aromatic heterocycles. The first-order valence-electron chi connectivity index (χ1n) is 5.44. The van der Waals surface area contributed by atoms with E-state index in [1.54, 1.807) is 25.2 Å². The molecule has 0 spiro atoms. The van der Waals surface area contributed by atoms with E-state index < -0.39 is 6.04 Å². The number of hydrogen-bond acceptors (Lipinski definition) is 5. The number of aliphatic imine (C=N–C) groups is 1. The second-order valence-electron chi connectivity index (χ2n) is 3.80. The van der Waals surface area contributed by atoms with Crippen molar-refractivity contribution in [3.63, 3.8) is 0 Å². The number of nitrogens with zero attached hydrogens (tertiary/aromatic N) is 2. The summed E-state index contributed by atoms with van der Waals surface area (Å²) in [5.74, 6) is 0.559. The van der Waals surface area contributed by atoms with Crippen molar-refractivity contribution >= 4 is 22.7 Å². The van der Waals surface area contributed by atoms with Crippen molar-refractivity contribution in [2.24, 2.45) is 4.99 Å². The fourth-order valence-electron chi connectivity index (χ4n) is 1.60. The molecule has 2 rings (SSSR count). The van der Waals surface area contributed by atoms with Gasteiger partial charge in [0.1, 0.15) is 16.8 Å². The van der Waals surface area contributed by atoms with Crippen LogP contribution in [0.3, 0.4) is 0 Å². The summed E-state index contributed by atoms with van der Waals surface area (Å²) in [5, 5.41) is 11.6. The van der Waals surface area contributed by atoms with Crippen LogP contribution in [0.4, 0.5) is 0 Å². The van der Waals surface area contributed by atoms with E-state index in [9.17, 15) is 9.90 Å². The van der Waals surface area contributed by atoms with E-state index in [1.807, 2.05) is 6.07 Å². The van der Waals surface area contributed by atoms with E-state index in [0.717, 1.165) is 0 Å². The number of aromatic hydroxyl groups is 1. The number of thioether (sulfide) groups is 1. The molecule has 1 amide bonds. The lowest BCUT2D eigenvalue weighted by Gasteiger charge is -2.15. The van der Waals surface area contributed by atoms with Crippen molar-refractivity contribution in [1.29, 1.82) is 0 Å². The van der Waals surface area contributed by atoms with Crippen molar-refractivity contribution in [1.82, 2.24) is 5.06 Å². The SMILES string of the molecule is CON(C)C(=O)C1CSC(c2ccccc2O)=N1. The van der Waals surface area contributed by atoms with Crippen LogP contribution in [0, 0.1) is 0 Å². The number of likely N-dealkylation sites (N-methyl/N-ethyl adjacent to an activating group) is 1. The van der Waals surface area contributed by atoms with Crippen molar-refractivity contribution in [3.8, 4) is 5.75 Å². The Morgan fingerprint density at radius 3 is 2.94 bits per heavy atom. The highest BCUT2D eigenvalue weighted by Crippen LogP contribution is 2.28. The Hall–Kier alpha value is -1.53. The van der Waals surface area contributed by atoms with Gasteiger partial charge in [-0.1, -0.05) is 12.1 Å². The molecule has 1 N–H and O–H groups in total. The number of carbonyl (C=O) groups is 1. The topological polar surface area (TPSA) is 62.1 Å². The molecular weight excluding hydrogens is 252 g/mol. The molecule has 0 radical (unpaired) electrons. The molecule has 1 heterocycles. The molecule has 1 aliphatic heterocycles. The predicted octanol–water partition coefficient (Wildman–Crippen LogP) is 1.27. The van der Waals surface area contributed by atoms with Gasteiger partial charge in [0.15, 0.2) is 0 Å². The lowest BCUT2D eigenvalue weighted by molar-refractivity contribution is -0.169. The average molecular weight is 266 g/mol. The van der Waals surface area contributed by atoms with E-state index in [4.69, 9.17) is 4.84 Å². The van der Waals surface area contributed by atoms with Gasteiger partial charge in [-0.3, -0.25) is 14.6 Å². The number of hydroxylamine groups is 2. The van der Waals surface area contributed by atoms with Gasteiger partial charge in [-0.25, -0.2) is 5.06 Å². The Bertz CT molecular complexity index is 490. The van der Waals surface area contributed by atoms with Gasteiger partial charge >= 0.3 is 0 Å². The molecule has 1 aliphatic rings. The maximum absolute atomic E-state index is 11.9. The van der Waals surface area contributed by atoms with Crippen LogP contribution in [0.15, 0.2) is 29.3 Å². The maximum Gasteiger partial charge on any atom is 0.271 e. The normalized spacial score (nSPS) is 18.6. The molecule has 5 nitrogen and oxygen atoms in total. The van der Waals surface area contributed by atoms with Crippen LogP contribution >= 0.6 is 11.8 Å². The zero-order valence-electron chi connectivity index (χ0n) is 10.2. The summed E-state index contributed by atoms with van der Waals surface area (Å²) >= 11 is 1.46. The zero-order valence-corrected chi connectivity index (χ0v) is 11.0. The summed E-state index contributed by atoms with van der Waals surface area (Å²) in [6, 6.07) is 6.52. The Kier molecular flexibility index (Phi) is 3.88. The average Bonchev–Trinajstić information content (AvgIpc) is 2.87. The van der Waals surface area contributed by atoms with Crippen LogP contribution in [0.1, 0.15) is 5.56 Å². The Labute approximate surface area is 109 Å². The number of hydrogen-bond donors (Lipinski definition) is 1. The van der Waals surface area contributed by atoms with Crippen molar-refractivity contribution in [2.75, 3.05) is 19.9 Å². The largest absolute Gasteiger partial charge is 0.507 e. The highest BCUT2D eigenvalue weighted by Gasteiger charge is 2.29. The van der Waals surface area contributed by atoms with E-state index in [0.29, 0.717) is 16.4 Å². The van der Waals surface area contributed by atoms with Crippen LogP contribution in [0.2, 0.25) is 0 Å². The molecule has 0 aliphatic carbocycles. The lowest BCUT2D eigenvalue weighted by atomic mass is 10.2. The van der Waals surface area contributed by atoms with Crippen molar-refractivity contribution < 1.29 is 14.7 Å². The van der Waals surface area contributed by atoms with E-state index in [2.05, 4.69) is 4.99 Å². The van der Waals surface area contributed by atoms with E-state index in [-0.39, 0.29) is 11.7 Å². The van der Waals surface area contributed by atoms with E-state index in [1.165, 1.54) is 23.9 Å². The van der Waals surface area contributed by atoms with Gasteiger partial charge in [-0.2, -0.15) is 0 Å². The highest BCUT2D eigenvalue weighted by atomic mass is 32.2. The van der Waals surface area contributed by atoms with Crippen molar-refractivity contribution in [3.05, 3.63) is 29.8 Å². The summed E-state index contributed by atoms with van der Waals surface area (Å²) in [7, 11) is 2.99. The molecule has 6 heteroatoms. The Morgan fingerprint density at radius 2 is 2.28 bits per heavy atom. The van der Waals surface area contributed by atoms with Gasteiger partial charge in [0.25, 0.3) is 5.91 Å². The molecule has 0 bridgehead atoms. The van der Waals surface area contributed by atoms with Crippen LogP contribution in [0.25, 0.3) is 0 Å². The van der Waals surface area contributed by atoms with Crippen LogP contribution < -0.4 is 0 Å². The number of phenolic OH excluding ortho intramolecular Hbond substituents is 1. The third-order valence-corrected chi connectivity index (χ3v) is 3.74. The van der Waals surface area contributed by atoms with Gasteiger partial charge in [-0.05, 0) is 12.1 Å². The van der Waals surface area contributed by atoms with Crippen LogP contribution in [-0.2, 0) is 9.63 Å². The summed E-state index contributed by atoms with van der Waals surface area (Å²) in [5.41, 5.74) is 0.665. The first-order chi connectivity index (χ1) is 8.63. The first kappa shape index (κ1) is 12.9. The number of carbonyl (C=O) groups excluding carboxylic acids is 1. The van der Waals surface area contributed by atoms with Gasteiger partial charge in [-0.15, -0.1) is 11.8 Å². The molecule has 1 aromatic rings. The molecule has 1 aromatic carbocycles. The molecule has 1 unspecified atom stereocenters. The minimum Gasteiger partial charge on any atom is -0.507 e. The van der Waals surface area contributed by atoms with Crippen LogP contribution in [0.5, 0.6) is 5.75 Å². The third-order valence-electron chi connectivity index (χ3n) is 2.65. The summed E-state index contributed by atoms with van der Waals surface area (Å²) in [6.07, 6.45) is 0. The van der Waals surface area contributed by atoms with Crippen molar-refractivity contribution in [2.45, 2.75) is 6.04 Å². The van der Waals surface area contributed by atoms with Crippen LogP contribution in [-0.4, -0.2) is 47.1 Å². The molecule has 96 valence electrons. The summed E-state index contributed by atoms with van der Waals surface area (Å²) in [4.78, 5) is 21.0. The van der Waals surface area contributed by atoms with Gasteiger partial charge < -0.3 is 5.11 Å². The molecule has 0 saturated carbocycles. The zero-order chi connectivity index (χ0) is 13.1. The molecule has 0 fully saturated rings. The lowest BCUT2D eigenvalue weighted by Crippen LogP contribution is -2.34. The maximum atomic E-state index is 11.9. The molecule has 1 atom stereocenters. The van der Waals surface area contributed by atoms with Gasteiger partial charge in [0.05, 0.1) is 7.11 Å². The third kappa shape index (κ3) is 2.49. The van der Waals surface area contributed by atoms with Gasteiger partial charge in [0.2, 0.25) is 0 Å². The number of para-hydroxylation sites is 1. The standard InChI is InChI=1S/C12H14N2O3S/c1-14(17-2)12(16)9-7-18-11(13-9)8-5-3-4-6-10(8)15/h3-6,9,15H,7H2,1-2H3. The van der Waals surface area contributed by atoms with E-state index >= 15 is 0 Å². The monoisotopic (exact) mass is 266 g/mol. The molecule has 0 saturated heterocycles. The number of amides is 1. The Balaban J connectivity index is 2.19. The van der Waals surface area contributed by atoms with Gasteiger partial charge in [0, 0.05) is 18.4 Å². The smallest absolute Gasteiger partial charge is 0.271 e. The summed E-state index contributed by atoms with van der Waals surface area (Å²) < 4.78 is 0. The number of rotatable bonds is 3. The summed E-state index contributed by atoms with van der Waals surface area (Å²) in [6.45, 7) is 0. The molecular formula is C12H14N2O3S. The fraction of sp³-hybridized carbons (Fsp3) is 0.333. The minimum atomic E-state index is -0.449. The highest BCUT2D eigenvalue weighted by molar-refractivity contribution is 8.14. The predicted molar refractivity (Wildman–Crippen MR) is 70.7 cm³/mol. The Morgan fingerprint density at radius 1 is 1.56 bits per heavy atom.